The minimum absolute atomic E-state index is 0.0715. The van der Waals surface area contributed by atoms with E-state index in [-0.39, 0.29) is 31.1 Å². The third kappa shape index (κ3) is 70.0. The minimum Gasteiger partial charge on any atom is -0.462 e. The third-order valence-corrected chi connectivity index (χ3v) is 16.8. The van der Waals surface area contributed by atoms with E-state index in [4.69, 9.17) is 14.2 Å². The van der Waals surface area contributed by atoms with Crippen LogP contribution in [0.15, 0.2) is 48.6 Å². The summed E-state index contributed by atoms with van der Waals surface area (Å²) in [4.78, 5) is 38.5. The van der Waals surface area contributed by atoms with E-state index >= 15 is 0 Å². The maximum atomic E-state index is 13.0. The van der Waals surface area contributed by atoms with Crippen molar-refractivity contribution in [2.75, 3.05) is 13.2 Å². The highest BCUT2D eigenvalue weighted by Crippen LogP contribution is 2.18. The maximum absolute atomic E-state index is 13.0. The van der Waals surface area contributed by atoms with Gasteiger partial charge < -0.3 is 14.2 Å². The number of carbonyl (C=O) groups is 3. The number of rotatable bonds is 69. The van der Waals surface area contributed by atoms with Crippen LogP contribution >= 0.6 is 0 Å². The Morgan fingerprint density at radius 3 is 0.699 bits per heavy atom. The van der Waals surface area contributed by atoms with Gasteiger partial charge in [-0.2, -0.15) is 0 Å². The van der Waals surface area contributed by atoms with Crippen LogP contribution in [0, 0.1) is 0 Å². The smallest absolute Gasteiger partial charge is 0.306 e. The van der Waals surface area contributed by atoms with Crippen LogP contribution in [0.25, 0.3) is 0 Å². The van der Waals surface area contributed by atoms with Crippen LogP contribution in [0.1, 0.15) is 406 Å². The van der Waals surface area contributed by atoms with Crippen molar-refractivity contribution < 1.29 is 28.6 Å². The molecular weight excluding hydrogens is 1020 g/mol. The monoisotopic (exact) mass is 1160 g/mol. The fourth-order valence-electron chi connectivity index (χ4n) is 11.2. The van der Waals surface area contributed by atoms with E-state index < -0.39 is 6.10 Å². The van der Waals surface area contributed by atoms with Crippen molar-refractivity contribution in [2.45, 2.75) is 412 Å². The van der Waals surface area contributed by atoms with Crippen molar-refractivity contribution in [1.29, 1.82) is 0 Å². The molecule has 6 heteroatoms. The Balaban J connectivity index is 4.28. The van der Waals surface area contributed by atoms with E-state index in [0.29, 0.717) is 19.3 Å². The summed E-state index contributed by atoms with van der Waals surface area (Å²) < 4.78 is 17.0. The molecule has 0 saturated heterocycles. The highest BCUT2D eigenvalue weighted by molar-refractivity contribution is 5.71. The van der Waals surface area contributed by atoms with E-state index in [2.05, 4.69) is 69.4 Å². The Morgan fingerprint density at radius 2 is 0.434 bits per heavy atom. The highest BCUT2D eigenvalue weighted by Gasteiger charge is 2.19. The zero-order chi connectivity index (χ0) is 59.9. The standard InChI is InChI=1S/C77H142O6/c1-4-7-10-13-16-19-22-25-28-31-34-35-36-37-38-39-40-41-44-46-49-52-55-58-61-64-67-70-76(79)82-73-74(83-77(80)71-68-65-62-59-56-53-50-47-43-33-30-27-24-21-18-15-12-9-6-3)72-81-75(78)69-66-63-60-57-54-51-48-45-42-32-29-26-23-20-17-14-11-8-5-2/h18,21,26-27,29-31,34,74H,4-17,19-20,22-25,28,32-33,35-73H2,1-3H3/b21-18-,29-26-,30-27-,34-31-. The quantitative estimate of drug-likeness (QED) is 0.0261. The van der Waals surface area contributed by atoms with Crippen LogP contribution in [0.3, 0.4) is 0 Å². The van der Waals surface area contributed by atoms with Crippen molar-refractivity contribution in [3.05, 3.63) is 48.6 Å². The van der Waals surface area contributed by atoms with Gasteiger partial charge in [-0.1, -0.05) is 333 Å². The molecule has 0 aromatic heterocycles. The molecule has 0 aliphatic carbocycles. The molecule has 6 nitrogen and oxygen atoms in total. The lowest BCUT2D eigenvalue weighted by molar-refractivity contribution is -0.167. The summed E-state index contributed by atoms with van der Waals surface area (Å²) in [5.74, 6) is -0.849. The molecule has 0 saturated carbocycles. The molecule has 0 heterocycles. The Bertz CT molecular complexity index is 1430. The molecular formula is C77H142O6. The second-order valence-corrected chi connectivity index (χ2v) is 25.2. The molecule has 0 aliphatic heterocycles. The van der Waals surface area contributed by atoms with Gasteiger partial charge in [-0.3, -0.25) is 14.4 Å². The molecule has 0 spiro atoms. The average Bonchev–Trinajstić information content (AvgIpc) is 3.50. The molecule has 0 fully saturated rings. The zero-order valence-electron chi connectivity index (χ0n) is 56.0. The topological polar surface area (TPSA) is 78.9 Å². The van der Waals surface area contributed by atoms with Crippen LogP contribution in [-0.2, 0) is 28.6 Å². The first-order valence-corrected chi connectivity index (χ1v) is 37.1. The number of allylic oxidation sites excluding steroid dienone is 8. The van der Waals surface area contributed by atoms with Gasteiger partial charge >= 0.3 is 17.9 Å². The van der Waals surface area contributed by atoms with Crippen LogP contribution in [0.2, 0.25) is 0 Å². The molecule has 486 valence electrons. The Labute approximate surface area is 518 Å². The number of hydrogen-bond donors (Lipinski definition) is 0. The molecule has 0 aliphatic rings. The third-order valence-electron chi connectivity index (χ3n) is 16.8. The van der Waals surface area contributed by atoms with Gasteiger partial charge in [-0.05, 0) is 103 Å². The lowest BCUT2D eigenvalue weighted by Gasteiger charge is -2.18. The van der Waals surface area contributed by atoms with Gasteiger partial charge in [-0.15, -0.1) is 0 Å². The Kier molecular flexibility index (Phi) is 69.6. The van der Waals surface area contributed by atoms with E-state index in [1.54, 1.807) is 0 Å². The van der Waals surface area contributed by atoms with Crippen molar-refractivity contribution in [2.24, 2.45) is 0 Å². The average molecular weight is 1160 g/mol. The summed E-state index contributed by atoms with van der Waals surface area (Å²) in [5.41, 5.74) is 0. The molecule has 0 bridgehead atoms. The molecule has 0 amide bonds. The Hall–Kier alpha value is -2.63. The summed E-state index contributed by atoms with van der Waals surface area (Å²) in [6.45, 7) is 6.68. The summed E-state index contributed by atoms with van der Waals surface area (Å²) in [6.07, 6.45) is 91.4. The molecule has 0 radical (unpaired) electrons. The van der Waals surface area contributed by atoms with Crippen molar-refractivity contribution in [1.82, 2.24) is 0 Å². The van der Waals surface area contributed by atoms with Crippen LogP contribution in [0.4, 0.5) is 0 Å². The number of carbonyl (C=O) groups excluding carboxylic acids is 3. The first-order valence-electron chi connectivity index (χ1n) is 37.1. The van der Waals surface area contributed by atoms with Crippen LogP contribution < -0.4 is 0 Å². The first-order chi connectivity index (χ1) is 41.0. The predicted octanol–water partition coefficient (Wildman–Crippen LogP) is 25.7. The SMILES string of the molecule is CCCCC/C=C\C/C=C\CCCCCCCCCCCC(=O)OC(COC(=O)CCCCCCCCCCC/C=C\CCCCCCCC)COC(=O)CCCCCCCCCCCCCCCCC/C=C\CCCCCCCCCC. The lowest BCUT2D eigenvalue weighted by Crippen LogP contribution is -2.30. The van der Waals surface area contributed by atoms with Gasteiger partial charge in [0.2, 0.25) is 0 Å². The fraction of sp³-hybridized carbons (Fsp3) is 0.857. The molecule has 0 rings (SSSR count). The number of esters is 3. The maximum Gasteiger partial charge on any atom is 0.306 e. The molecule has 0 aromatic rings. The summed E-state index contributed by atoms with van der Waals surface area (Å²) in [7, 11) is 0. The summed E-state index contributed by atoms with van der Waals surface area (Å²) >= 11 is 0. The zero-order valence-corrected chi connectivity index (χ0v) is 56.0. The van der Waals surface area contributed by atoms with Crippen LogP contribution in [0.5, 0.6) is 0 Å². The van der Waals surface area contributed by atoms with E-state index in [1.165, 1.54) is 302 Å². The minimum atomic E-state index is -0.777. The summed E-state index contributed by atoms with van der Waals surface area (Å²) in [5, 5.41) is 0. The largest absolute Gasteiger partial charge is 0.462 e. The lowest BCUT2D eigenvalue weighted by atomic mass is 10.0. The van der Waals surface area contributed by atoms with Gasteiger partial charge in [0.1, 0.15) is 13.2 Å². The number of hydrogen-bond acceptors (Lipinski definition) is 6. The molecule has 1 atom stereocenters. The molecule has 0 aromatic carbocycles. The number of unbranched alkanes of at least 4 members (excludes halogenated alkanes) is 50. The van der Waals surface area contributed by atoms with Gasteiger partial charge in [-0.25, -0.2) is 0 Å². The van der Waals surface area contributed by atoms with Crippen molar-refractivity contribution in [3.63, 3.8) is 0 Å². The van der Waals surface area contributed by atoms with Gasteiger partial charge in [0.15, 0.2) is 6.10 Å². The van der Waals surface area contributed by atoms with Crippen molar-refractivity contribution in [3.8, 4) is 0 Å². The van der Waals surface area contributed by atoms with E-state index in [0.717, 1.165) is 64.2 Å². The fourth-order valence-corrected chi connectivity index (χ4v) is 11.2. The van der Waals surface area contributed by atoms with Gasteiger partial charge in [0, 0.05) is 19.3 Å². The number of ether oxygens (including phenoxy) is 3. The van der Waals surface area contributed by atoms with Gasteiger partial charge in [0.05, 0.1) is 0 Å². The Morgan fingerprint density at radius 1 is 0.241 bits per heavy atom. The predicted molar refractivity (Wildman–Crippen MR) is 362 cm³/mol. The van der Waals surface area contributed by atoms with E-state index in [9.17, 15) is 14.4 Å². The van der Waals surface area contributed by atoms with Gasteiger partial charge in [0.25, 0.3) is 0 Å². The molecule has 83 heavy (non-hydrogen) atoms. The second-order valence-electron chi connectivity index (χ2n) is 25.2. The normalized spacial score (nSPS) is 12.3. The highest BCUT2D eigenvalue weighted by atomic mass is 16.6. The first kappa shape index (κ1) is 80.4. The van der Waals surface area contributed by atoms with Crippen molar-refractivity contribution >= 4 is 17.9 Å². The van der Waals surface area contributed by atoms with E-state index in [1.807, 2.05) is 0 Å². The molecule has 1 unspecified atom stereocenters. The molecule has 0 N–H and O–H groups in total. The van der Waals surface area contributed by atoms with Crippen LogP contribution in [-0.4, -0.2) is 37.2 Å². The summed E-state index contributed by atoms with van der Waals surface area (Å²) in [6, 6.07) is 0. The second kappa shape index (κ2) is 71.8.